The van der Waals surface area contributed by atoms with Gasteiger partial charge in [0.2, 0.25) is 0 Å². The van der Waals surface area contributed by atoms with Gasteiger partial charge >= 0.3 is 5.97 Å². The third-order valence-electron chi connectivity index (χ3n) is 3.41. The molecule has 26 heavy (non-hydrogen) atoms. The predicted octanol–water partition coefficient (Wildman–Crippen LogP) is 3.25. The first kappa shape index (κ1) is 20.3. The normalized spacial score (nSPS) is 15.5. The molecule has 1 aliphatic rings. The fourth-order valence-corrected chi connectivity index (χ4v) is 3.48. The smallest absolute Gasteiger partial charge is 0.326 e. The molecular formula is C18H21NO5S2. The molecule has 1 saturated heterocycles. The molecule has 0 aliphatic carbocycles. The van der Waals surface area contributed by atoms with E-state index in [1.165, 1.54) is 4.90 Å². The maximum atomic E-state index is 12.5. The lowest BCUT2D eigenvalue weighted by Crippen LogP contribution is -2.34. The zero-order valence-electron chi connectivity index (χ0n) is 14.9. The maximum Gasteiger partial charge on any atom is 0.326 e. The van der Waals surface area contributed by atoms with Crippen LogP contribution in [0, 0.1) is 0 Å². The molecule has 1 aromatic carbocycles. The molecule has 140 valence electrons. The Labute approximate surface area is 162 Å². The third kappa shape index (κ3) is 4.98. The molecule has 0 bridgehead atoms. The van der Waals surface area contributed by atoms with E-state index in [1.807, 2.05) is 13.0 Å². The van der Waals surface area contributed by atoms with Crippen LogP contribution in [0.25, 0.3) is 6.08 Å². The van der Waals surface area contributed by atoms with Crippen molar-refractivity contribution in [2.24, 2.45) is 0 Å². The van der Waals surface area contributed by atoms with E-state index < -0.39 is 5.97 Å². The summed E-state index contributed by atoms with van der Waals surface area (Å²) in [5, 5.41) is 0. The predicted molar refractivity (Wildman–Crippen MR) is 105 cm³/mol. The first-order valence-electron chi connectivity index (χ1n) is 8.22. The number of carbonyl (C=O) groups excluding carboxylic acids is 2. The molecule has 0 aromatic heterocycles. The Morgan fingerprint density at radius 3 is 2.73 bits per heavy atom. The van der Waals surface area contributed by atoms with Crippen molar-refractivity contribution in [1.29, 1.82) is 0 Å². The number of thioether (sulfide) groups is 1. The highest BCUT2D eigenvalue weighted by Gasteiger charge is 2.33. The van der Waals surface area contributed by atoms with E-state index in [1.54, 1.807) is 32.2 Å². The van der Waals surface area contributed by atoms with Crippen LogP contribution < -0.4 is 9.47 Å². The Balaban J connectivity index is 2.17. The Bertz CT molecular complexity index is 732. The molecule has 0 saturated carbocycles. The second kappa shape index (κ2) is 9.59. The molecule has 8 heteroatoms. The number of esters is 1. The van der Waals surface area contributed by atoms with Crippen LogP contribution >= 0.6 is 24.0 Å². The molecule has 2 rings (SSSR count). The summed E-state index contributed by atoms with van der Waals surface area (Å²) in [6.45, 7) is 4.42. The van der Waals surface area contributed by atoms with Crippen molar-refractivity contribution in [2.45, 2.75) is 20.3 Å². The number of ether oxygens (including phenoxy) is 3. The van der Waals surface area contributed by atoms with Gasteiger partial charge in [0.25, 0.3) is 5.91 Å². The highest BCUT2D eigenvalue weighted by atomic mass is 32.2. The van der Waals surface area contributed by atoms with E-state index in [-0.39, 0.29) is 19.1 Å². The molecule has 0 unspecified atom stereocenters. The quantitative estimate of drug-likeness (QED) is 0.380. The summed E-state index contributed by atoms with van der Waals surface area (Å²) in [5.74, 6) is 0.457. The van der Waals surface area contributed by atoms with Gasteiger partial charge < -0.3 is 14.2 Å². The van der Waals surface area contributed by atoms with Crippen LogP contribution in [0.4, 0.5) is 0 Å². The molecule has 1 heterocycles. The van der Waals surface area contributed by atoms with Gasteiger partial charge in [0.1, 0.15) is 10.9 Å². The summed E-state index contributed by atoms with van der Waals surface area (Å²) < 4.78 is 16.2. The summed E-state index contributed by atoms with van der Waals surface area (Å²) >= 11 is 6.36. The monoisotopic (exact) mass is 395 g/mol. The van der Waals surface area contributed by atoms with E-state index in [9.17, 15) is 9.59 Å². The first-order chi connectivity index (χ1) is 12.5. The zero-order valence-corrected chi connectivity index (χ0v) is 16.6. The van der Waals surface area contributed by atoms with Gasteiger partial charge in [-0.3, -0.25) is 14.5 Å². The second-order valence-electron chi connectivity index (χ2n) is 5.33. The van der Waals surface area contributed by atoms with E-state index in [0.29, 0.717) is 27.3 Å². The summed E-state index contributed by atoms with van der Waals surface area (Å²) in [4.78, 5) is 25.8. The molecular weight excluding hydrogens is 374 g/mol. The van der Waals surface area contributed by atoms with Crippen molar-refractivity contribution in [3.05, 3.63) is 28.7 Å². The molecule has 1 aliphatic heterocycles. The van der Waals surface area contributed by atoms with Gasteiger partial charge in [-0.05, 0) is 37.1 Å². The number of benzene rings is 1. The highest BCUT2D eigenvalue weighted by molar-refractivity contribution is 8.26. The Morgan fingerprint density at radius 1 is 1.31 bits per heavy atom. The number of rotatable bonds is 8. The summed E-state index contributed by atoms with van der Waals surface area (Å²) in [7, 11) is 1.57. The van der Waals surface area contributed by atoms with Crippen LogP contribution in [0.3, 0.4) is 0 Å². The molecule has 1 fully saturated rings. The summed E-state index contributed by atoms with van der Waals surface area (Å²) in [6.07, 6.45) is 2.62. The number of carbonyl (C=O) groups is 2. The van der Waals surface area contributed by atoms with Gasteiger partial charge in [-0.25, -0.2) is 0 Å². The van der Waals surface area contributed by atoms with Gasteiger partial charge in [0.15, 0.2) is 11.5 Å². The third-order valence-corrected chi connectivity index (χ3v) is 4.79. The van der Waals surface area contributed by atoms with Crippen molar-refractivity contribution in [1.82, 2.24) is 4.90 Å². The minimum Gasteiger partial charge on any atom is -0.493 e. The van der Waals surface area contributed by atoms with Crippen molar-refractivity contribution < 1.29 is 23.8 Å². The van der Waals surface area contributed by atoms with E-state index >= 15 is 0 Å². The largest absolute Gasteiger partial charge is 0.493 e. The molecule has 0 radical (unpaired) electrons. The molecule has 0 atom stereocenters. The van der Waals surface area contributed by atoms with Crippen LogP contribution in [0.5, 0.6) is 11.5 Å². The topological polar surface area (TPSA) is 65.1 Å². The average molecular weight is 396 g/mol. The lowest BCUT2D eigenvalue weighted by atomic mass is 10.2. The number of hydrogen-bond donors (Lipinski definition) is 0. The standard InChI is InChI=1S/C18H21NO5S2/c1-4-8-24-13-7-6-12(9-14(13)22-3)10-15-17(21)19(18(25)26-15)11-16(20)23-5-2/h6-7,9-10H,4-5,8,11H2,1-3H3. The fraction of sp³-hybridized carbons (Fsp3) is 0.389. The van der Waals surface area contributed by atoms with Gasteiger partial charge in [-0.1, -0.05) is 37.0 Å². The van der Waals surface area contributed by atoms with E-state index in [2.05, 4.69) is 0 Å². The van der Waals surface area contributed by atoms with Crippen LogP contribution in [0.15, 0.2) is 23.1 Å². The second-order valence-corrected chi connectivity index (χ2v) is 7.01. The van der Waals surface area contributed by atoms with Crippen LogP contribution in [-0.4, -0.2) is 48.0 Å². The van der Waals surface area contributed by atoms with Crippen LogP contribution in [0.1, 0.15) is 25.8 Å². The number of thiocarbonyl (C=S) groups is 1. The Morgan fingerprint density at radius 2 is 2.08 bits per heavy atom. The number of nitrogens with zero attached hydrogens (tertiary/aromatic N) is 1. The summed E-state index contributed by atoms with van der Waals surface area (Å²) in [6, 6.07) is 5.44. The minimum absolute atomic E-state index is 0.178. The van der Waals surface area contributed by atoms with Gasteiger partial charge in [0, 0.05) is 0 Å². The van der Waals surface area contributed by atoms with E-state index in [0.717, 1.165) is 23.7 Å². The van der Waals surface area contributed by atoms with Crippen LogP contribution in [-0.2, 0) is 14.3 Å². The van der Waals surface area contributed by atoms with E-state index in [4.69, 9.17) is 26.4 Å². The zero-order chi connectivity index (χ0) is 19.1. The fourth-order valence-electron chi connectivity index (χ4n) is 2.23. The van der Waals surface area contributed by atoms with Crippen molar-refractivity contribution in [3.8, 4) is 11.5 Å². The molecule has 1 aromatic rings. The van der Waals surface area contributed by atoms with Crippen LogP contribution in [0.2, 0.25) is 0 Å². The highest BCUT2D eigenvalue weighted by Crippen LogP contribution is 2.34. The molecule has 6 nitrogen and oxygen atoms in total. The first-order valence-corrected chi connectivity index (χ1v) is 9.44. The maximum absolute atomic E-state index is 12.5. The van der Waals surface area contributed by atoms with Gasteiger partial charge in [-0.2, -0.15) is 0 Å². The molecule has 1 amide bonds. The Hall–Kier alpha value is -2.06. The van der Waals surface area contributed by atoms with Gasteiger partial charge in [-0.15, -0.1) is 0 Å². The van der Waals surface area contributed by atoms with Crippen molar-refractivity contribution in [3.63, 3.8) is 0 Å². The molecule has 0 N–H and O–H groups in total. The molecule has 0 spiro atoms. The Kier molecular flexibility index (Phi) is 7.47. The van der Waals surface area contributed by atoms with Crippen molar-refractivity contribution >= 4 is 46.3 Å². The lowest BCUT2D eigenvalue weighted by molar-refractivity contribution is -0.145. The number of amides is 1. The van der Waals surface area contributed by atoms with Gasteiger partial charge in [0.05, 0.1) is 25.2 Å². The lowest BCUT2D eigenvalue weighted by Gasteiger charge is -2.12. The number of hydrogen-bond acceptors (Lipinski definition) is 7. The summed E-state index contributed by atoms with van der Waals surface area (Å²) in [5.41, 5.74) is 0.780. The number of methoxy groups -OCH3 is 1. The average Bonchev–Trinajstić information content (AvgIpc) is 2.88. The van der Waals surface area contributed by atoms with Crippen molar-refractivity contribution in [2.75, 3.05) is 26.9 Å². The SMILES string of the molecule is CCCOc1ccc(C=C2SC(=S)N(CC(=O)OCC)C2=O)cc1OC. The minimum atomic E-state index is -0.482.